The second kappa shape index (κ2) is 8.90. The number of hydrogen-bond donors (Lipinski definition) is 0. The second-order valence-corrected chi connectivity index (χ2v) is 7.46. The third-order valence-electron chi connectivity index (χ3n) is 2.74. The summed E-state index contributed by atoms with van der Waals surface area (Å²) in [5.74, 6) is 0. The van der Waals surface area contributed by atoms with Crippen LogP contribution in [0.2, 0.25) is 12.1 Å². The lowest BCUT2D eigenvalue weighted by atomic mass is 10.3. The smallest absolute Gasteiger partial charge is 0.339 e. The molecule has 0 aromatic heterocycles. The predicted octanol–water partition coefficient (Wildman–Crippen LogP) is 3.39. The van der Waals surface area contributed by atoms with E-state index in [-0.39, 0.29) is 0 Å². The van der Waals surface area contributed by atoms with Gasteiger partial charge in [-0.25, -0.2) is 0 Å². The maximum absolute atomic E-state index is 5.88. The quantitative estimate of drug-likeness (QED) is 0.460. The van der Waals surface area contributed by atoms with Crippen molar-refractivity contribution in [2.45, 2.75) is 53.1 Å². The molecule has 0 saturated heterocycles. The maximum atomic E-state index is 5.88. The molecule has 0 aromatic rings. The summed E-state index contributed by atoms with van der Waals surface area (Å²) < 4.78 is 11.8. The lowest BCUT2D eigenvalue weighted by Gasteiger charge is -2.28. The molecule has 0 unspecified atom stereocenters. The lowest BCUT2D eigenvalue weighted by molar-refractivity contribution is 0.184. The zero-order chi connectivity index (χ0) is 12.4. The molecule has 0 N–H and O–H groups in total. The normalized spacial score (nSPS) is 13.2. The third kappa shape index (κ3) is 5.77. The van der Waals surface area contributed by atoms with Crippen molar-refractivity contribution >= 4 is 14.3 Å². The highest BCUT2D eigenvalue weighted by Gasteiger charge is 2.34. The molecule has 0 spiro atoms. The number of aliphatic imine (C=N–C) groups is 1. The molecular weight excluding hydrogens is 218 g/mol. The van der Waals surface area contributed by atoms with Crippen LogP contribution in [0.4, 0.5) is 0 Å². The summed E-state index contributed by atoms with van der Waals surface area (Å²) in [6, 6.07) is 1.98. The van der Waals surface area contributed by atoms with Crippen LogP contribution < -0.4 is 0 Å². The standard InChI is InChI=1S/C12H27NO2Si/c1-6-12(5)13-10-11-16(9-4,14-7-2)15-8-3/h6-11H2,1-5H3. The van der Waals surface area contributed by atoms with Gasteiger partial charge in [-0.05, 0) is 33.2 Å². The molecular formula is C12H27NO2Si. The van der Waals surface area contributed by atoms with Crippen LogP contribution in [0.25, 0.3) is 0 Å². The number of nitrogens with zero attached hydrogens (tertiary/aromatic N) is 1. The topological polar surface area (TPSA) is 30.8 Å². The van der Waals surface area contributed by atoms with Gasteiger partial charge in [-0.2, -0.15) is 0 Å². The Hall–Kier alpha value is -0.193. The van der Waals surface area contributed by atoms with Crippen LogP contribution in [-0.4, -0.2) is 34.0 Å². The molecule has 4 heteroatoms. The Labute approximate surface area is 102 Å². The Bertz CT molecular complexity index is 201. The summed E-state index contributed by atoms with van der Waals surface area (Å²) in [6.45, 7) is 12.8. The molecule has 16 heavy (non-hydrogen) atoms. The molecule has 0 rings (SSSR count). The van der Waals surface area contributed by atoms with E-state index in [2.05, 4.69) is 25.8 Å². The predicted molar refractivity (Wildman–Crippen MR) is 72.6 cm³/mol. The van der Waals surface area contributed by atoms with Gasteiger partial charge in [0.25, 0.3) is 0 Å². The van der Waals surface area contributed by atoms with Crippen molar-refractivity contribution in [2.75, 3.05) is 19.8 Å². The molecule has 0 aliphatic carbocycles. The lowest BCUT2D eigenvalue weighted by Crippen LogP contribution is -2.42. The van der Waals surface area contributed by atoms with E-state index in [0.717, 1.165) is 38.3 Å². The van der Waals surface area contributed by atoms with Crippen molar-refractivity contribution in [1.29, 1.82) is 0 Å². The van der Waals surface area contributed by atoms with Crippen molar-refractivity contribution in [2.24, 2.45) is 4.99 Å². The first-order chi connectivity index (χ1) is 7.64. The molecule has 0 aliphatic rings. The fourth-order valence-corrected chi connectivity index (χ4v) is 4.26. The SMILES string of the molecule is CCO[Si](CC)(CCN=C(C)CC)OCC. The van der Waals surface area contributed by atoms with Gasteiger partial charge in [-0.15, -0.1) is 0 Å². The van der Waals surface area contributed by atoms with Crippen LogP contribution >= 0.6 is 0 Å². The van der Waals surface area contributed by atoms with Crippen molar-refractivity contribution < 1.29 is 8.85 Å². The molecule has 0 amide bonds. The highest BCUT2D eigenvalue weighted by molar-refractivity contribution is 6.67. The van der Waals surface area contributed by atoms with Crippen LogP contribution in [0.3, 0.4) is 0 Å². The molecule has 0 heterocycles. The monoisotopic (exact) mass is 245 g/mol. The van der Waals surface area contributed by atoms with E-state index in [1.807, 2.05) is 13.8 Å². The van der Waals surface area contributed by atoms with E-state index >= 15 is 0 Å². The minimum absolute atomic E-state index is 0.747. The van der Waals surface area contributed by atoms with Crippen LogP contribution in [0.15, 0.2) is 4.99 Å². The third-order valence-corrected chi connectivity index (χ3v) is 6.43. The Morgan fingerprint density at radius 1 is 1.06 bits per heavy atom. The van der Waals surface area contributed by atoms with Gasteiger partial charge in [0.05, 0.1) is 0 Å². The van der Waals surface area contributed by atoms with Gasteiger partial charge in [-0.3, -0.25) is 4.99 Å². The zero-order valence-corrected chi connectivity index (χ0v) is 12.5. The maximum Gasteiger partial charge on any atom is 0.339 e. The molecule has 96 valence electrons. The fraction of sp³-hybridized carbons (Fsp3) is 0.917. The Kier molecular flexibility index (Phi) is 8.79. The van der Waals surface area contributed by atoms with Crippen LogP contribution in [0.1, 0.15) is 41.0 Å². The van der Waals surface area contributed by atoms with E-state index < -0.39 is 8.56 Å². The molecule has 0 fully saturated rings. The zero-order valence-electron chi connectivity index (χ0n) is 11.5. The number of hydrogen-bond acceptors (Lipinski definition) is 3. The summed E-state index contributed by atoms with van der Waals surface area (Å²) in [4.78, 5) is 4.53. The average molecular weight is 245 g/mol. The molecule has 0 aliphatic heterocycles. The summed E-state index contributed by atoms with van der Waals surface area (Å²) in [7, 11) is -1.96. The minimum Gasteiger partial charge on any atom is -0.394 e. The van der Waals surface area contributed by atoms with Gasteiger partial charge in [0.2, 0.25) is 0 Å². The van der Waals surface area contributed by atoms with E-state index in [0.29, 0.717) is 0 Å². The van der Waals surface area contributed by atoms with E-state index in [9.17, 15) is 0 Å². The van der Waals surface area contributed by atoms with Crippen LogP contribution in [0, 0.1) is 0 Å². The summed E-state index contributed by atoms with van der Waals surface area (Å²) in [5.41, 5.74) is 1.21. The molecule has 0 atom stereocenters. The molecule has 3 nitrogen and oxygen atoms in total. The highest BCUT2D eigenvalue weighted by atomic mass is 28.4. The first-order valence-corrected chi connectivity index (χ1v) is 8.65. The largest absolute Gasteiger partial charge is 0.394 e. The van der Waals surface area contributed by atoms with Gasteiger partial charge in [0.15, 0.2) is 0 Å². The first kappa shape index (κ1) is 15.8. The molecule has 0 radical (unpaired) electrons. The summed E-state index contributed by atoms with van der Waals surface area (Å²) in [5, 5.41) is 0. The second-order valence-electron chi connectivity index (χ2n) is 3.85. The van der Waals surface area contributed by atoms with Crippen LogP contribution in [-0.2, 0) is 8.85 Å². The van der Waals surface area contributed by atoms with E-state index in [1.54, 1.807) is 0 Å². The highest BCUT2D eigenvalue weighted by Crippen LogP contribution is 2.19. The van der Waals surface area contributed by atoms with Crippen molar-refractivity contribution in [3.8, 4) is 0 Å². The van der Waals surface area contributed by atoms with Crippen molar-refractivity contribution in [3.63, 3.8) is 0 Å². The Morgan fingerprint density at radius 3 is 2.00 bits per heavy atom. The minimum atomic E-state index is -1.96. The molecule has 0 bridgehead atoms. The van der Waals surface area contributed by atoms with E-state index in [1.165, 1.54) is 5.71 Å². The number of rotatable bonds is 9. The van der Waals surface area contributed by atoms with Crippen LogP contribution in [0.5, 0.6) is 0 Å². The summed E-state index contributed by atoms with van der Waals surface area (Å²) in [6.07, 6.45) is 1.03. The average Bonchev–Trinajstić information content (AvgIpc) is 2.29. The summed E-state index contributed by atoms with van der Waals surface area (Å²) >= 11 is 0. The van der Waals surface area contributed by atoms with Crippen molar-refractivity contribution in [1.82, 2.24) is 0 Å². The van der Waals surface area contributed by atoms with Crippen molar-refractivity contribution in [3.05, 3.63) is 0 Å². The molecule has 0 aromatic carbocycles. The van der Waals surface area contributed by atoms with Gasteiger partial charge in [0.1, 0.15) is 0 Å². The fourth-order valence-electron chi connectivity index (χ4n) is 1.62. The molecule has 0 saturated carbocycles. The van der Waals surface area contributed by atoms with Gasteiger partial charge < -0.3 is 8.85 Å². The van der Waals surface area contributed by atoms with E-state index in [4.69, 9.17) is 8.85 Å². The Balaban J connectivity index is 4.29. The van der Waals surface area contributed by atoms with Gasteiger partial charge >= 0.3 is 8.56 Å². The van der Waals surface area contributed by atoms with Gasteiger partial charge in [-0.1, -0.05) is 13.8 Å². The first-order valence-electron chi connectivity index (χ1n) is 6.41. The van der Waals surface area contributed by atoms with Gasteiger partial charge in [0, 0.05) is 31.5 Å². The Morgan fingerprint density at radius 2 is 1.62 bits per heavy atom.